The van der Waals surface area contributed by atoms with E-state index in [1.165, 1.54) is 12.1 Å². The molecule has 0 bridgehead atoms. The lowest BCUT2D eigenvalue weighted by atomic mass is 9.97. The van der Waals surface area contributed by atoms with Crippen LogP contribution < -0.4 is 4.90 Å². The Hall–Kier alpha value is -2.37. The van der Waals surface area contributed by atoms with E-state index in [9.17, 15) is 19.5 Å². The zero-order chi connectivity index (χ0) is 14.2. The summed E-state index contributed by atoms with van der Waals surface area (Å²) in [5, 5.41) is 18.4. The SMILES string of the molecule is CC1CC(=O)N(c2ccc(C(=O)O)c(O)c2)C(=O)C1. The molecule has 1 aliphatic rings. The van der Waals surface area contributed by atoms with E-state index in [0.717, 1.165) is 11.0 Å². The number of hydrogen-bond acceptors (Lipinski definition) is 4. The van der Waals surface area contributed by atoms with E-state index < -0.39 is 11.7 Å². The molecule has 1 saturated heterocycles. The van der Waals surface area contributed by atoms with E-state index >= 15 is 0 Å². The van der Waals surface area contributed by atoms with Crippen molar-refractivity contribution in [2.75, 3.05) is 4.90 Å². The first-order chi connectivity index (χ1) is 8.90. The van der Waals surface area contributed by atoms with Crippen LogP contribution in [0.2, 0.25) is 0 Å². The summed E-state index contributed by atoms with van der Waals surface area (Å²) in [7, 11) is 0. The molecule has 0 aromatic heterocycles. The zero-order valence-corrected chi connectivity index (χ0v) is 10.3. The summed E-state index contributed by atoms with van der Waals surface area (Å²) in [6.07, 6.45) is 0.514. The number of carboxylic acids is 1. The van der Waals surface area contributed by atoms with Gasteiger partial charge in [0.25, 0.3) is 0 Å². The quantitative estimate of drug-likeness (QED) is 0.786. The number of phenols is 1. The number of hydrogen-bond donors (Lipinski definition) is 2. The number of rotatable bonds is 2. The Morgan fingerprint density at radius 3 is 2.32 bits per heavy atom. The fraction of sp³-hybridized carbons (Fsp3) is 0.308. The third-order valence-electron chi connectivity index (χ3n) is 3.01. The molecule has 0 saturated carbocycles. The molecule has 2 amide bonds. The molecule has 1 heterocycles. The van der Waals surface area contributed by atoms with E-state index in [4.69, 9.17) is 5.11 Å². The minimum absolute atomic E-state index is 0.00291. The molecule has 19 heavy (non-hydrogen) atoms. The number of carbonyl (C=O) groups excluding carboxylic acids is 2. The first-order valence-corrected chi connectivity index (χ1v) is 5.82. The smallest absolute Gasteiger partial charge is 0.339 e. The molecule has 1 aromatic rings. The Morgan fingerprint density at radius 1 is 1.26 bits per heavy atom. The predicted octanol–water partition coefficient (Wildman–Crippen LogP) is 1.38. The monoisotopic (exact) mass is 263 g/mol. The Bertz CT molecular complexity index is 548. The van der Waals surface area contributed by atoms with E-state index in [-0.39, 0.29) is 41.8 Å². The fourth-order valence-electron chi connectivity index (χ4n) is 2.12. The Labute approximate surface area is 109 Å². The second-order valence-electron chi connectivity index (χ2n) is 4.64. The largest absolute Gasteiger partial charge is 0.507 e. The van der Waals surface area contributed by atoms with Crippen LogP contribution in [0.1, 0.15) is 30.1 Å². The van der Waals surface area contributed by atoms with Crippen molar-refractivity contribution in [3.63, 3.8) is 0 Å². The van der Waals surface area contributed by atoms with E-state index in [1.54, 1.807) is 0 Å². The summed E-state index contributed by atoms with van der Waals surface area (Å²) < 4.78 is 0. The van der Waals surface area contributed by atoms with Gasteiger partial charge in [-0.2, -0.15) is 0 Å². The first-order valence-electron chi connectivity index (χ1n) is 5.82. The number of benzene rings is 1. The third kappa shape index (κ3) is 2.42. The lowest BCUT2D eigenvalue weighted by molar-refractivity contribution is -0.130. The van der Waals surface area contributed by atoms with E-state index in [2.05, 4.69) is 0 Å². The van der Waals surface area contributed by atoms with Gasteiger partial charge in [0.2, 0.25) is 11.8 Å². The highest BCUT2D eigenvalue weighted by molar-refractivity contribution is 6.16. The number of amides is 2. The van der Waals surface area contributed by atoms with Crippen molar-refractivity contribution in [3.05, 3.63) is 23.8 Å². The molecule has 1 fully saturated rings. The van der Waals surface area contributed by atoms with Crippen LogP contribution in [0.4, 0.5) is 5.69 Å². The first kappa shape index (κ1) is 13.1. The zero-order valence-electron chi connectivity index (χ0n) is 10.3. The number of carboxylic acid groups (broad SMARTS) is 1. The molecule has 6 heteroatoms. The number of carbonyl (C=O) groups is 3. The van der Waals surface area contributed by atoms with Crippen LogP contribution in [0.25, 0.3) is 0 Å². The highest BCUT2D eigenvalue weighted by atomic mass is 16.4. The molecule has 2 rings (SSSR count). The lowest BCUT2D eigenvalue weighted by Gasteiger charge is -2.28. The summed E-state index contributed by atoms with van der Waals surface area (Å²) in [5.41, 5.74) is -0.0709. The van der Waals surface area contributed by atoms with Crippen molar-refractivity contribution >= 4 is 23.5 Å². The standard InChI is InChI=1S/C13H13NO5/c1-7-4-11(16)14(12(17)5-7)8-2-3-9(13(18)19)10(15)6-8/h2-3,6-7,15H,4-5H2,1H3,(H,18,19). The Balaban J connectivity index is 2.37. The van der Waals surface area contributed by atoms with Gasteiger partial charge in [-0.1, -0.05) is 6.92 Å². The van der Waals surface area contributed by atoms with Crippen molar-refractivity contribution in [1.29, 1.82) is 0 Å². The summed E-state index contributed by atoms with van der Waals surface area (Å²) in [5.74, 6) is -2.42. The van der Waals surface area contributed by atoms with Crippen LogP contribution in [0.3, 0.4) is 0 Å². The highest BCUT2D eigenvalue weighted by Gasteiger charge is 2.31. The van der Waals surface area contributed by atoms with Gasteiger partial charge in [0, 0.05) is 18.9 Å². The molecule has 6 nitrogen and oxygen atoms in total. The summed E-state index contributed by atoms with van der Waals surface area (Å²) in [6.45, 7) is 1.82. The Morgan fingerprint density at radius 2 is 1.84 bits per heavy atom. The highest BCUT2D eigenvalue weighted by Crippen LogP contribution is 2.29. The summed E-state index contributed by atoms with van der Waals surface area (Å²) >= 11 is 0. The van der Waals surface area contributed by atoms with Crippen molar-refractivity contribution in [3.8, 4) is 5.75 Å². The van der Waals surface area contributed by atoms with Crippen molar-refractivity contribution in [1.82, 2.24) is 0 Å². The van der Waals surface area contributed by atoms with Crippen LogP contribution in [-0.4, -0.2) is 28.0 Å². The third-order valence-corrected chi connectivity index (χ3v) is 3.01. The van der Waals surface area contributed by atoms with Gasteiger partial charge >= 0.3 is 5.97 Å². The average Bonchev–Trinajstić information content (AvgIpc) is 2.26. The average molecular weight is 263 g/mol. The second-order valence-corrected chi connectivity index (χ2v) is 4.64. The van der Waals surface area contributed by atoms with Crippen LogP contribution in [-0.2, 0) is 9.59 Å². The van der Waals surface area contributed by atoms with Crippen LogP contribution in [0, 0.1) is 5.92 Å². The number of anilines is 1. The fourth-order valence-corrected chi connectivity index (χ4v) is 2.12. The molecule has 100 valence electrons. The normalized spacial score (nSPS) is 16.8. The molecule has 0 aliphatic carbocycles. The lowest BCUT2D eigenvalue weighted by Crippen LogP contribution is -2.42. The van der Waals surface area contributed by atoms with Gasteiger partial charge in [0.1, 0.15) is 11.3 Å². The molecule has 0 unspecified atom stereocenters. The molecule has 1 aliphatic heterocycles. The molecule has 0 radical (unpaired) electrons. The molecular weight excluding hydrogens is 250 g/mol. The number of nitrogens with zero attached hydrogens (tertiary/aromatic N) is 1. The summed E-state index contributed by atoms with van der Waals surface area (Å²) in [6, 6.07) is 3.63. The minimum atomic E-state index is -1.27. The predicted molar refractivity (Wildman–Crippen MR) is 66.0 cm³/mol. The van der Waals surface area contributed by atoms with E-state index in [1.807, 2.05) is 6.92 Å². The molecule has 0 spiro atoms. The van der Waals surface area contributed by atoms with Crippen LogP contribution in [0.15, 0.2) is 18.2 Å². The molecular formula is C13H13NO5. The van der Waals surface area contributed by atoms with Gasteiger partial charge in [-0.3, -0.25) is 14.5 Å². The maximum absolute atomic E-state index is 11.9. The number of aromatic carboxylic acids is 1. The van der Waals surface area contributed by atoms with Gasteiger partial charge in [-0.05, 0) is 18.1 Å². The maximum Gasteiger partial charge on any atom is 0.339 e. The topological polar surface area (TPSA) is 94.9 Å². The number of aromatic hydroxyl groups is 1. The molecule has 0 atom stereocenters. The number of imide groups is 1. The van der Waals surface area contributed by atoms with Gasteiger partial charge < -0.3 is 10.2 Å². The van der Waals surface area contributed by atoms with Gasteiger partial charge in [0.05, 0.1) is 5.69 Å². The number of piperidine rings is 1. The van der Waals surface area contributed by atoms with Crippen LogP contribution in [0.5, 0.6) is 5.75 Å². The minimum Gasteiger partial charge on any atom is -0.507 e. The van der Waals surface area contributed by atoms with E-state index in [0.29, 0.717) is 0 Å². The Kier molecular flexibility index (Phi) is 3.25. The molecule has 1 aromatic carbocycles. The van der Waals surface area contributed by atoms with Crippen LogP contribution >= 0.6 is 0 Å². The summed E-state index contributed by atoms with van der Waals surface area (Å²) in [4.78, 5) is 35.5. The second kappa shape index (κ2) is 4.72. The maximum atomic E-state index is 11.9. The van der Waals surface area contributed by atoms with Gasteiger partial charge in [-0.15, -0.1) is 0 Å². The van der Waals surface area contributed by atoms with Crippen molar-refractivity contribution in [2.24, 2.45) is 5.92 Å². The van der Waals surface area contributed by atoms with Gasteiger partial charge in [0.15, 0.2) is 0 Å². The van der Waals surface area contributed by atoms with Crippen molar-refractivity contribution in [2.45, 2.75) is 19.8 Å². The van der Waals surface area contributed by atoms with Crippen molar-refractivity contribution < 1.29 is 24.6 Å². The molecule has 2 N–H and O–H groups in total. The van der Waals surface area contributed by atoms with Gasteiger partial charge in [-0.25, -0.2) is 4.79 Å².